The number of phenolic OH excluding ortho intramolecular Hbond substituents is 1. The lowest BCUT2D eigenvalue weighted by Crippen LogP contribution is -2.37. The van der Waals surface area contributed by atoms with Crippen molar-refractivity contribution in [2.24, 2.45) is 14.1 Å². The first-order chi connectivity index (χ1) is 14.9. The second kappa shape index (κ2) is 6.99. The van der Waals surface area contributed by atoms with Gasteiger partial charge in [-0.1, -0.05) is 35.9 Å². The molecule has 0 bridgehead atoms. The Kier molecular flexibility index (Phi) is 4.37. The summed E-state index contributed by atoms with van der Waals surface area (Å²) in [5, 5.41) is 10.5. The Morgan fingerprint density at radius 2 is 1.81 bits per heavy atom. The maximum atomic E-state index is 13.4. The largest absolute Gasteiger partial charge is 0.508 e. The number of ether oxygens (including phenoxy) is 1. The molecule has 1 atom stereocenters. The van der Waals surface area contributed by atoms with E-state index in [1.54, 1.807) is 25.2 Å². The van der Waals surface area contributed by atoms with Crippen LogP contribution in [0.3, 0.4) is 0 Å². The molecule has 0 spiro atoms. The maximum Gasteiger partial charge on any atom is 0.331 e. The average Bonchev–Trinajstić information content (AvgIpc) is 3.11. The Labute approximate surface area is 178 Å². The summed E-state index contributed by atoms with van der Waals surface area (Å²) in [6.45, 7) is 3.01. The van der Waals surface area contributed by atoms with Crippen LogP contribution < -0.4 is 11.2 Å². The van der Waals surface area contributed by atoms with Crippen LogP contribution in [-0.4, -0.2) is 25.4 Å². The summed E-state index contributed by atoms with van der Waals surface area (Å²) < 4.78 is 10.9. The van der Waals surface area contributed by atoms with Crippen molar-refractivity contribution in [3.63, 3.8) is 0 Å². The zero-order valence-corrected chi connectivity index (χ0v) is 17.6. The van der Waals surface area contributed by atoms with Crippen LogP contribution in [0.5, 0.6) is 5.75 Å². The van der Waals surface area contributed by atoms with Crippen molar-refractivity contribution in [3.8, 4) is 17.0 Å². The Hall–Kier alpha value is -3.58. The van der Waals surface area contributed by atoms with E-state index >= 15 is 0 Å². The molecule has 0 amide bonds. The molecule has 4 aromatic rings. The van der Waals surface area contributed by atoms with Crippen LogP contribution in [0, 0.1) is 6.92 Å². The van der Waals surface area contributed by atoms with Crippen LogP contribution in [0.2, 0.25) is 0 Å². The molecule has 31 heavy (non-hydrogen) atoms. The van der Waals surface area contributed by atoms with Gasteiger partial charge in [0.1, 0.15) is 11.9 Å². The third kappa shape index (κ3) is 2.84. The molecule has 7 nitrogen and oxygen atoms in total. The van der Waals surface area contributed by atoms with Gasteiger partial charge in [0.05, 0.1) is 28.9 Å². The quantitative estimate of drug-likeness (QED) is 0.544. The maximum absolute atomic E-state index is 13.4. The van der Waals surface area contributed by atoms with Crippen LogP contribution >= 0.6 is 0 Å². The van der Waals surface area contributed by atoms with Crippen molar-refractivity contribution >= 4 is 10.9 Å². The monoisotopic (exact) mass is 417 g/mol. The van der Waals surface area contributed by atoms with Crippen molar-refractivity contribution in [2.75, 3.05) is 6.61 Å². The minimum atomic E-state index is -0.514. The van der Waals surface area contributed by atoms with Gasteiger partial charge in [-0.3, -0.25) is 13.9 Å². The third-order valence-electron chi connectivity index (χ3n) is 6.02. The van der Waals surface area contributed by atoms with E-state index < -0.39 is 6.10 Å². The standard InChI is InChI=1S/C24H23N3O4/c1-14-6-4-7-15(12-14)19-18-20(25(2)24(30)26(3)23(18)29)21-22(31-11-10-27(19)21)16-8-5-9-17(28)13-16/h4-9,12-13,22,28H,10-11H2,1-3H3. The highest BCUT2D eigenvalue weighted by Gasteiger charge is 2.33. The smallest absolute Gasteiger partial charge is 0.331 e. The number of aromatic nitrogens is 3. The zero-order valence-electron chi connectivity index (χ0n) is 17.6. The fourth-order valence-electron chi connectivity index (χ4n) is 4.61. The highest BCUT2D eigenvalue weighted by atomic mass is 16.5. The van der Waals surface area contributed by atoms with E-state index in [2.05, 4.69) is 4.57 Å². The summed E-state index contributed by atoms with van der Waals surface area (Å²) in [7, 11) is 3.18. The summed E-state index contributed by atoms with van der Waals surface area (Å²) in [5.41, 5.74) is 4.16. The minimum Gasteiger partial charge on any atom is -0.508 e. The van der Waals surface area contributed by atoms with Gasteiger partial charge in [0.15, 0.2) is 0 Å². The topological polar surface area (TPSA) is 78.4 Å². The molecule has 2 aromatic heterocycles. The first kappa shape index (κ1) is 19.4. The number of rotatable bonds is 2. The highest BCUT2D eigenvalue weighted by Crippen LogP contribution is 2.41. The fourth-order valence-corrected chi connectivity index (χ4v) is 4.61. The Morgan fingerprint density at radius 3 is 2.55 bits per heavy atom. The highest BCUT2D eigenvalue weighted by molar-refractivity contribution is 5.96. The second-order valence-electron chi connectivity index (χ2n) is 8.03. The summed E-state index contributed by atoms with van der Waals surface area (Å²) in [5.74, 6) is 0.137. The third-order valence-corrected chi connectivity index (χ3v) is 6.02. The van der Waals surface area contributed by atoms with Gasteiger partial charge in [-0.2, -0.15) is 0 Å². The molecule has 0 saturated heterocycles. The predicted molar refractivity (Wildman–Crippen MR) is 118 cm³/mol. The molecule has 158 valence electrons. The van der Waals surface area contributed by atoms with Gasteiger partial charge in [0.25, 0.3) is 5.56 Å². The first-order valence-electron chi connectivity index (χ1n) is 10.2. The fraction of sp³-hybridized carbons (Fsp3) is 0.250. The van der Waals surface area contributed by atoms with E-state index in [1.807, 2.05) is 37.3 Å². The predicted octanol–water partition coefficient (Wildman–Crippen LogP) is 2.84. The van der Waals surface area contributed by atoms with Crippen LogP contribution in [-0.2, 0) is 25.4 Å². The molecule has 0 saturated carbocycles. The second-order valence-corrected chi connectivity index (χ2v) is 8.03. The zero-order chi connectivity index (χ0) is 21.9. The lowest BCUT2D eigenvalue weighted by molar-refractivity contribution is 0.0477. The molecule has 1 aliphatic heterocycles. The molecule has 0 fully saturated rings. The van der Waals surface area contributed by atoms with Crippen LogP contribution in [0.25, 0.3) is 22.2 Å². The molecule has 2 aromatic carbocycles. The average molecular weight is 417 g/mol. The first-order valence-corrected chi connectivity index (χ1v) is 10.2. The molecule has 5 rings (SSSR count). The minimum absolute atomic E-state index is 0.137. The van der Waals surface area contributed by atoms with Crippen molar-refractivity contribution in [1.82, 2.24) is 13.7 Å². The van der Waals surface area contributed by atoms with E-state index in [0.717, 1.165) is 32.6 Å². The number of aromatic hydroxyl groups is 1. The summed E-state index contributed by atoms with van der Waals surface area (Å²) in [6.07, 6.45) is -0.514. The Bertz CT molecular complexity index is 1460. The molecule has 0 radical (unpaired) electrons. The van der Waals surface area contributed by atoms with E-state index in [4.69, 9.17) is 4.74 Å². The van der Waals surface area contributed by atoms with Gasteiger partial charge >= 0.3 is 5.69 Å². The van der Waals surface area contributed by atoms with Gasteiger partial charge in [0, 0.05) is 20.6 Å². The molecule has 7 heteroatoms. The molecule has 0 aliphatic carbocycles. The van der Waals surface area contributed by atoms with Gasteiger partial charge in [-0.25, -0.2) is 4.79 Å². The number of phenols is 1. The van der Waals surface area contributed by atoms with Gasteiger partial charge in [0.2, 0.25) is 0 Å². The number of nitrogens with zero attached hydrogens (tertiary/aromatic N) is 3. The van der Waals surface area contributed by atoms with Gasteiger partial charge < -0.3 is 14.4 Å². The van der Waals surface area contributed by atoms with E-state index in [0.29, 0.717) is 24.1 Å². The van der Waals surface area contributed by atoms with Crippen LogP contribution in [0.15, 0.2) is 58.1 Å². The van der Waals surface area contributed by atoms with Gasteiger partial charge in [-0.05, 0) is 36.2 Å². The molecule has 1 unspecified atom stereocenters. The van der Waals surface area contributed by atoms with Crippen molar-refractivity contribution in [2.45, 2.75) is 19.6 Å². The number of hydrogen-bond acceptors (Lipinski definition) is 4. The summed E-state index contributed by atoms with van der Waals surface area (Å²) in [4.78, 5) is 26.2. The number of aryl methyl sites for hydroxylation is 2. The van der Waals surface area contributed by atoms with Gasteiger partial charge in [-0.15, -0.1) is 0 Å². The van der Waals surface area contributed by atoms with Crippen molar-refractivity contribution in [3.05, 3.63) is 86.2 Å². The molecule has 3 heterocycles. The number of fused-ring (bicyclic) bond motifs is 3. The number of hydrogen-bond donors (Lipinski definition) is 1. The lowest BCUT2D eigenvalue weighted by atomic mass is 10.0. The SMILES string of the molecule is Cc1cccc(-c2c3c(=O)n(C)c(=O)n(C)c3c3n2CCOC3c2cccc(O)c2)c1. The van der Waals surface area contributed by atoms with Crippen LogP contribution in [0.1, 0.15) is 22.9 Å². The van der Waals surface area contributed by atoms with Crippen molar-refractivity contribution in [1.29, 1.82) is 0 Å². The molecule has 1 aliphatic rings. The van der Waals surface area contributed by atoms with E-state index in [-0.39, 0.29) is 17.0 Å². The van der Waals surface area contributed by atoms with Crippen LogP contribution in [0.4, 0.5) is 0 Å². The van der Waals surface area contributed by atoms with E-state index in [9.17, 15) is 14.7 Å². The Balaban J connectivity index is 1.96. The summed E-state index contributed by atoms with van der Waals surface area (Å²) >= 11 is 0. The van der Waals surface area contributed by atoms with E-state index in [1.165, 1.54) is 11.6 Å². The normalized spacial score (nSPS) is 15.9. The molecular formula is C24H23N3O4. The Morgan fingerprint density at radius 1 is 1.03 bits per heavy atom. The molecular weight excluding hydrogens is 394 g/mol. The van der Waals surface area contributed by atoms with Crippen molar-refractivity contribution < 1.29 is 9.84 Å². The summed E-state index contributed by atoms with van der Waals surface area (Å²) in [6, 6.07) is 14.9. The lowest BCUT2D eigenvalue weighted by Gasteiger charge is -2.27. The number of benzene rings is 2. The molecule has 1 N–H and O–H groups in total.